The Labute approximate surface area is 237 Å². The van der Waals surface area contributed by atoms with Gasteiger partial charge in [0.15, 0.2) is 0 Å². The van der Waals surface area contributed by atoms with Gasteiger partial charge >= 0.3 is 5.97 Å². The quantitative estimate of drug-likeness (QED) is 0.0731. The molecule has 0 amide bonds. The summed E-state index contributed by atoms with van der Waals surface area (Å²) in [7, 11) is 0. The van der Waals surface area contributed by atoms with Crippen LogP contribution < -0.4 is 5.73 Å². The molecule has 6 nitrogen and oxygen atoms in total. The van der Waals surface area contributed by atoms with Gasteiger partial charge in [-0.05, 0) is 19.4 Å². The highest BCUT2D eigenvalue weighted by molar-refractivity contribution is 5.66. The normalized spacial score (nSPS) is 10.4. The molecule has 6 heteroatoms. The van der Waals surface area contributed by atoms with Crippen molar-refractivity contribution in [1.29, 1.82) is 0 Å². The van der Waals surface area contributed by atoms with E-state index < -0.39 is 5.97 Å². The first-order chi connectivity index (χ1) is 18.6. The summed E-state index contributed by atoms with van der Waals surface area (Å²) in [6, 6.07) is 0. The molecule has 232 valence electrons. The number of unbranched alkanes of at least 4 members (excludes halogenated alkanes) is 21. The van der Waals surface area contributed by atoms with Crippen molar-refractivity contribution >= 4 is 5.97 Å². The second-order valence-corrected chi connectivity index (χ2v) is 10.4. The molecule has 0 aliphatic rings. The van der Waals surface area contributed by atoms with E-state index in [2.05, 4.69) is 18.6 Å². The molecule has 0 heterocycles. The highest BCUT2D eigenvalue weighted by Gasteiger charge is 1.97. The summed E-state index contributed by atoms with van der Waals surface area (Å²) in [5, 5.41) is 24.7. The smallest absolute Gasteiger partial charge is 0.303 e. The van der Waals surface area contributed by atoms with Crippen LogP contribution in [0, 0.1) is 0 Å². The zero-order chi connectivity index (χ0) is 28.8. The van der Waals surface area contributed by atoms with E-state index in [1.807, 2.05) is 0 Å². The van der Waals surface area contributed by atoms with Crippen LogP contribution in [0.1, 0.15) is 168 Å². The molecule has 0 bridgehead atoms. The summed E-state index contributed by atoms with van der Waals surface area (Å²) in [6.45, 7) is 6.10. The molecule has 0 radical (unpaired) electrons. The van der Waals surface area contributed by atoms with E-state index in [1.165, 1.54) is 135 Å². The van der Waals surface area contributed by atoms with E-state index in [-0.39, 0.29) is 13.2 Å². The predicted molar refractivity (Wildman–Crippen MR) is 164 cm³/mol. The highest BCUT2D eigenvalue weighted by Crippen LogP contribution is 2.13. The van der Waals surface area contributed by atoms with Crippen molar-refractivity contribution in [3.63, 3.8) is 0 Å². The Balaban J connectivity index is -0.000000533. The van der Waals surface area contributed by atoms with Gasteiger partial charge in [-0.25, -0.2) is 0 Å². The average Bonchev–Trinajstić information content (AvgIpc) is 2.91. The van der Waals surface area contributed by atoms with E-state index in [4.69, 9.17) is 21.1 Å². The number of carboxylic acids is 1. The Morgan fingerprint density at radius 2 is 0.816 bits per heavy atom. The number of rotatable bonds is 28. The number of hydrogen-bond donors (Lipinski definition) is 4. The number of ether oxygens (including phenoxy) is 1. The number of nitrogens with two attached hydrogens (primary N) is 1. The van der Waals surface area contributed by atoms with Crippen LogP contribution in [0.4, 0.5) is 0 Å². The standard InChI is InChI=1S/C16H32O2.C12H27N.C4H10O3/c1-2-3-4-5-6-7-8-9-10-11-12-13-14-15-16(17)18;1-2-3-4-5-6-7-8-9-10-11-12-13;5-1-3-7-4-2-6/h2-15H2,1H3,(H,17,18);2-13H2,1H3;5-6H,1-4H2. The van der Waals surface area contributed by atoms with Crippen molar-refractivity contribution in [2.24, 2.45) is 5.73 Å². The van der Waals surface area contributed by atoms with Crippen molar-refractivity contribution < 1.29 is 24.9 Å². The van der Waals surface area contributed by atoms with E-state index in [0.717, 1.165) is 19.4 Å². The molecule has 0 fully saturated rings. The van der Waals surface area contributed by atoms with E-state index >= 15 is 0 Å². The van der Waals surface area contributed by atoms with Gasteiger partial charge < -0.3 is 25.8 Å². The number of hydrogen-bond acceptors (Lipinski definition) is 5. The van der Waals surface area contributed by atoms with Crippen molar-refractivity contribution in [3.8, 4) is 0 Å². The molecule has 38 heavy (non-hydrogen) atoms. The molecular weight excluding hydrogens is 478 g/mol. The fourth-order valence-corrected chi connectivity index (χ4v) is 4.16. The van der Waals surface area contributed by atoms with Crippen molar-refractivity contribution in [2.75, 3.05) is 33.0 Å². The maximum atomic E-state index is 10.3. The lowest BCUT2D eigenvalue weighted by molar-refractivity contribution is -0.137. The van der Waals surface area contributed by atoms with Crippen LogP contribution in [0.2, 0.25) is 0 Å². The lowest BCUT2D eigenvalue weighted by atomic mass is 10.0. The minimum absolute atomic E-state index is 0.0278. The van der Waals surface area contributed by atoms with Gasteiger partial charge in [0, 0.05) is 6.42 Å². The van der Waals surface area contributed by atoms with Crippen LogP contribution >= 0.6 is 0 Å². The fourth-order valence-electron chi connectivity index (χ4n) is 4.16. The summed E-state index contributed by atoms with van der Waals surface area (Å²) in [5.74, 6) is -0.655. The van der Waals surface area contributed by atoms with Crippen molar-refractivity contribution in [3.05, 3.63) is 0 Å². The molecule has 0 aromatic rings. The molecule has 0 saturated heterocycles. The SMILES string of the molecule is CCCCCCCCCCCCCCCC(=O)O.CCCCCCCCCCCCN.OCCOCCO. The van der Waals surface area contributed by atoms with Gasteiger partial charge in [-0.3, -0.25) is 4.79 Å². The average molecular weight is 548 g/mol. The number of aliphatic hydroxyl groups excluding tert-OH is 2. The molecule has 0 aromatic carbocycles. The molecule has 0 aliphatic heterocycles. The van der Waals surface area contributed by atoms with Gasteiger partial charge in [0.2, 0.25) is 0 Å². The lowest BCUT2D eigenvalue weighted by Crippen LogP contribution is -2.03. The van der Waals surface area contributed by atoms with Gasteiger partial charge in [-0.15, -0.1) is 0 Å². The Hall–Kier alpha value is -0.690. The Kier molecular flexibility index (Phi) is 47.7. The van der Waals surface area contributed by atoms with Gasteiger partial charge in [0.1, 0.15) is 0 Å². The minimum Gasteiger partial charge on any atom is -0.481 e. The van der Waals surface area contributed by atoms with Gasteiger partial charge in [-0.1, -0.05) is 149 Å². The Morgan fingerprint density at radius 3 is 1.08 bits per heavy atom. The van der Waals surface area contributed by atoms with Crippen LogP contribution in [-0.2, 0) is 9.53 Å². The van der Waals surface area contributed by atoms with Crippen molar-refractivity contribution in [1.82, 2.24) is 0 Å². The third-order valence-electron chi connectivity index (χ3n) is 6.52. The molecule has 0 unspecified atom stereocenters. The molecular formula is C32H69NO5. The van der Waals surface area contributed by atoms with Crippen LogP contribution in [-0.4, -0.2) is 54.3 Å². The zero-order valence-electron chi connectivity index (χ0n) is 25.7. The van der Waals surface area contributed by atoms with Crippen LogP contribution in [0.3, 0.4) is 0 Å². The first-order valence-corrected chi connectivity index (χ1v) is 16.3. The van der Waals surface area contributed by atoms with Gasteiger partial charge in [-0.2, -0.15) is 0 Å². The lowest BCUT2D eigenvalue weighted by Gasteiger charge is -2.02. The first kappa shape index (κ1) is 41.8. The second kappa shape index (κ2) is 43.4. The number of carbonyl (C=O) groups is 1. The number of aliphatic hydroxyl groups is 2. The van der Waals surface area contributed by atoms with Crippen LogP contribution in [0.15, 0.2) is 0 Å². The molecule has 0 atom stereocenters. The Morgan fingerprint density at radius 1 is 0.526 bits per heavy atom. The minimum atomic E-state index is -0.655. The maximum absolute atomic E-state index is 10.3. The highest BCUT2D eigenvalue weighted by atomic mass is 16.5. The van der Waals surface area contributed by atoms with Gasteiger partial charge in [0.05, 0.1) is 26.4 Å². The van der Waals surface area contributed by atoms with E-state index in [0.29, 0.717) is 19.6 Å². The number of aliphatic carboxylic acids is 1. The van der Waals surface area contributed by atoms with Crippen LogP contribution in [0.5, 0.6) is 0 Å². The topological polar surface area (TPSA) is 113 Å². The second-order valence-electron chi connectivity index (χ2n) is 10.4. The third-order valence-corrected chi connectivity index (χ3v) is 6.52. The monoisotopic (exact) mass is 548 g/mol. The summed E-state index contributed by atoms with van der Waals surface area (Å²) >= 11 is 0. The maximum Gasteiger partial charge on any atom is 0.303 e. The Bertz CT molecular complexity index is 382. The first-order valence-electron chi connectivity index (χ1n) is 16.3. The van der Waals surface area contributed by atoms with Gasteiger partial charge in [0.25, 0.3) is 0 Å². The summed E-state index contributed by atoms with van der Waals surface area (Å²) in [4.78, 5) is 10.3. The summed E-state index contributed by atoms with van der Waals surface area (Å²) in [5.41, 5.74) is 5.42. The summed E-state index contributed by atoms with van der Waals surface area (Å²) in [6.07, 6.45) is 31.2. The van der Waals surface area contributed by atoms with Crippen LogP contribution in [0.25, 0.3) is 0 Å². The molecule has 0 aromatic heterocycles. The molecule has 0 saturated carbocycles. The number of carboxylic acid groups (broad SMARTS) is 1. The van der Waals surface area contributed by atoms with Crippen molar-refractivity contribution in [2.45, 2.75) is 168 Å². The largest absolute Gasteiger partial charge is 0.481 e. The molecule has 0 spiro atoms. The molecule has 5 N–H and O–H groups in total. The van der Waals surface area contributed by atoms with E-state index in [1.54, 1.807) is 0 Å². The fraction of sp³-hybridized carbons (Fsp3) is 0.969. The van der Waals surface area contributed by atoms with E-state index in [9.17, 15) is 4.79 Å². The molecule has 0 rings (SSSR count). The zero-order valence-corrected chi connectivity index (χ0v) is 25.7. The molecule has 0 aliphatic carbocycles. The summed E-state index contributed by atoms with van der Waals surface area (Å²) < 4.78 is 4.63. The predicted octanol–water partition coefficient (Wildman–Crippen LogP) is 8.41. The third kappa shape index (κ3) is 51.9.